The first-order valence-electron chi connectivity index (χ1n) is 4.34. The number of rotatable bonds is 6. The van der Waals surface area contributed by atoms with Crippen molar-refractivity contribution in [3.63, 3.8) is 0 Å². The summed E-state index contributed by atoms with van der Waals surface area (Å²) in [6.07, 6.45) is 3.91. The predicted molar refractivity (Wildman–Crippen MR) is 52.2 cm³/mol. The molecule has 0 bridgehead atoms. The van der Waals surface area contributed by atoms with Crippen molar-refractivity contribution in [1.82, 2.24) is 5.32 Å². The summed E-state index contributed by atoms with van der Waals surface area (Å²) in [5.74, 6) is 0.236. The van der Waals surface area contributed by atoms with Gasteiger partial charge in [-0.1, -0.05) is 6.42 Å². The number of unbranched alkanes of at least 4 members (excludes halogenated alkanes) is 2. The maximum absolute atomic E-state index is 10.7. The minimum Gasteiger partial charge on any atom is -0.359 e. The van der Waals surface area contributed by atoms with Crippen LogP contribution in [0.2, 0.25) is 0 Å². The van der Waals surface area contributed by atoms with Gasteiger partial charge in [-0.05, 0) is 12.8 Å². The molecule has 1 N–H and O–H groups in total. The fourth-order valence-electron chi connectivity index (χ4n) is 0.952. The van der Waals surface area contributed by atoms with Gasteiger partial charge in [0.25, 0.3) is 0 Å². The van der Waals surface area contributed by atoms with Gasteiger partial charge in [-0.25, -0.2) is 8.42 Å². The molecular formula is C8H17NO3S. The van der Waals surface area contributed by atoms with E-state index in [2.05, 4.69) is 5.32 Å². The van der Waals surface area contributed by atoms with Gasteiger partial charge in [0, 0.05) is 25.5 Å². The lowest BCUT2D eigenvalue weighted by molar-refractivity contribution is -0.120. The molecule has 0 aliphatic carbocycles. The molecule has 0 heterocycles. The summed E-state index contributed by atoms with van der Waals surface area (Å²) < 4.78 is 21.4. The van der Waals surface area contributed by atoms with Crippen LogP contribution in [0.4, 0.5) is 0 Å². The molecule has 4 nitrogen and oxygen atoms in total. The SMILES string of the molecule is CNC(=O)CCCCCS(C)(=O)=O. The van der Waals surface area contributed by atoms with E-state index < -0.39 is 9.84 Å². The van der Waals surface area contributed by atoms with Crippen LogP contribution >= 0.6 is 0 Å². The highest BCUT2D eigenvalue weighted by Crippen LogP contribution is 2.01. The van der Waals surface area contributed by atoms with Gasteiger partial charge in [0.2, 0.25) is 5.91 Å². The zero-order chi connectivity index (χ0) is 10.3. The Hall–Kier alpha value is -0.580. The van der Waals surface area contributed by atoms with Crippen molar-refractivity contribution < 1.29 is 13.2 Å². The van der Waals surface area contributed by atoms with Gasteiger partial charge in [0.05, 0.1) is 0 Å². The predicted octanol–water partition coefficient (Wildman–Crippen LogP) is 0.337. The molecule has 0 fully saturated rings. The molecule has 0 atom stereocenters. The van der Waals surface area contributed by atoms with E-state index in [0.717, 1.165) is 12.8 Å². The third-order valence-electron chi connectivity index (χ3n) is 1.70. The zero-order valence-corrected chi connectivity index (χ0v) is 8.99. The van der Waals surface area contributed by atoms with Crippen molar-refractivity contribution in [2.75, 3.05) is 19.1 Å². The Bertz CT molecular complexity index is 246. The molecule has 0 saturated heterocycles. The number of carbonyl (C=O) groups is 1. The van der Waals surface area contributed by atoms with Crippen LogP contribution in [0.5, 0.6) is 0 Å². The third kappa shape index (κ3) is 9.33. The maximum atomic E-state index is 10.7. The van der Waals surface area contributed by atoms with E-state index in [0.29, 0.717) is 12.8 Å². The Morgan fingerprint density at radius 3 is 2.31 bits per heavy atom. The molecule has 0 radical (unpaired) electrons. The monoisotopic (exact) mass is 207 g/mol. The first-order chi connectivity index (χ1) is 5.95. The molecule has 1 amide bonds. The second-order valence-corrected chi connectivity index (χ2v) is 5.37. The van der Waals surface area contributed by atoms with Crippen LogP contribution in [-0.4, -0.2) is 33.4 Å². The molecule has 0 spiro atoms. The summed E-state index contributed by atoms with van der Waals surface area (Å²) in [6, 6.07) is 0. The third-order valence-corrected chi connectivity index (χ3v) is 2.73. The number of carbonyl (C=O) groups excluding carboxylic acids is 1. The Labute approximate surface area is 79.6 Å². The van der Waals surface area contributed by atoms with Gasteiger partial charge in [-0.3, -0.25) is 4.79 Å². The van der Waals surface area contributed by atoms with E-state index in [-0.39, 0.29) is 11.7 Å². The maximum Gasteiger partial charge on any atom is 0.219 e. The van der Waals surface area contributed by atoms with Crippen molar-refractivity contribution in [3.05, 3.63) is 0 Å². The van der Waals surface area contributed by atoms with E-state index in [9.17, 15) is 13.2 Å². The first-order valence-corrected chi connectivity index (χ1v) is 6.40. The van der Waals surface area contributed by atoms with E-state index in [1.807, 2.05) is 0 Å². The average Bonchev–Trinajstić information content (AvgIpc) is 2.01. The molecule has 78 valence electrons. The number of amides is 1. The van der Waals surface area contributed by atoms with Crippen LogP contribution in [0, 0.1) is 0 Å². The van der Waals surface area contributed by atoms with Gasteiger partial charge in [0.1, 0.15) is 9.84 Å². The smallest absolute Gasteiger partial charge is 0.219 e. The van der Waals surface area contributed by atoms with Crippen LogP contribution in [0.3, 0.4) is 0 Å². The Morgan fingerprint density at radius 2 is 1.85 bits per heavy atom. The van der Waals surface area contributed by atoms with Crippen LogP contribution in [-0.2, 0) is 14.6 Å². The average molecular weight is 207 g/mol. The van der Waals surface area contributed by atoms with Gasteiger partial charge < -0.3 is 5.32 Å². The van der Waals surface area contributed by atoms with E-state index >= 15 is 0 Å². The van der Waals surface area contributed by atoms with Crippen molar-refractivity contribution in [2.24, 2.45) is 0 Å². The van der Waals surface area contributed by atoms with Gasteiger partial charge in [0.15, 0.2) is 0 Å². The highest BCUT2D eigenvalue weighted by Gasteiger charge is 2.02. The van der Waals surface area contributed by atoms with E-state index in [1.165, 1.54) is 6.26 Å². The summed E-state index contributed by atoms with van der Waals surface area (Å²) in [5, 5.41) is 2.51. The molecule has 0 saturated carbocycles. The van der Waals surface area contributed by atoms with Gasteiger partial charge in [-0.2, -0.15) is 0 Å². The lowest BCUT2D eigenvalue weighted by Crippen LogP contribution is -2.17. The molecule has 0 aromatic rings. The quantitative estimate of drug-likeness (QED) is 0.639. The zero-order valence-electron chi connectivity index (χ0n) is 8.17. The Kier molecular flexibility index (Phi) is 5.70. The first kappa shape index (κ1) is 12.4. The second-order valence-electron chi connectivity index (χ2n) is 3.11. The number of nitrogens with one attached hydrogen (secondary N) is 1. The lowest BCUT2D eigenvalue weighted by atomic mass is 10.2. The van der Waals surface area contributed by atoms with Crippen LogP contribution in [0.15, 0.2) is 0 Å². The molecule has 13 heavy (non-hydrogen) atoms. The van der Waals surface area contributed by atoms with Gasteiger partial charge >= 0.3 is 0 Å². The summed E-state index contributed by atoms with van der Waals surface area (Å²) in [7, 11) is -1.23. The van der Waals surface area contributed by atoms with Gasteiger partial charge in [-0.15, -0.1) is 0 Å². The van der Waals surface area contributed by atoms with Crippen molar-refractivity contribution in [2.45, 2.75) is 25.7 Å². The minimum absolute atomic E-state index is 0.0133. The fourth-order valence-corrected chi connectivity index (χ4v) is 1.68. The number of hydrogen-bond donors (Lipinski definition) is 1. The van der Waals surface area contributed by atoms with E-state index in [4.69, 9.17) is 0 Å². The molecule has 0 aliphatic heterocycles. The van der Waals surface area contributed by atoms with Crippen LogP contribution in [0.1, 0.15) is 25.7 Å². The Morgan fingerprint density at radius 1 is 1.23 bits per heavy atom. The highest BCUT2D eigenvalue weighted by atomic mass is 32.2. The molecule has 5 heteroatoms. The normalized spacial score (nSPS) is 11.2. The highest BCUT2D eigenvalue weighted by molar-refractivity contribution is 7.90. The summed E-state index contributed by atoms with van der Waals surface area (Å²) in [5.41, 5.74) is 0. The summed E-state index contributed by atoms with van der Waals surface area (Å²) >= 11 is 0. The van der Waals surface area contributed by atoms with Crippen LogP contribution in [0.25, 0.3) is 0 Å². The van der Waals surface area contributed by atoms with Crippen molar-refractivity contribution in [3.8, 4) is 0 Å². The van der Waals surface area contributed by atoms with Crippen LogP contribution < -0.4 is 5.32 Å². The lowest BCUT2D eigenvalue weighted by Gasteiger charge is -1.99. The Balaban J connectivity index is 3.33. The molecule has 0 unspecified atom stereocenters. The number of sulfone groups is 1. The summed E-state index contributed by atoms with van der Waals surface area (Å²) in [6.45, 7) is 0. The van der Waals surface area contributed by atoms with E-state index in [1.54, 1.807) is 7.05 Å². The molecule has 0 aromatic carbocycles. The molecular weight excluding hydrogens is 190 g/mol. The van der Waals surface area contributed by atoms with Crippen molar-refractivity contribution >= 4 is 15.7 Å². The summed E-state index contributed by atoms with van der Waals surface area (Å²) in [4.78, 5) is 10.7. The van der Waals surface area contributed by atoms with Crippen molar-refractivity contribution in [1.29, 1.82) is 0 Å². The second kappa shape index (κ2) is 5.96. The molecule has 0 aliphatic rings. The molecule has 0 aromatic heterocycles. The number of hydrogen-bond acceptors (Lipinski definition) is 3. The standard InChI is InChI=1S/C8H17NO3S/c1-9-8(10)6-4-3-5-7-13(2,11)12/h3-7H2,1-2H3,(H,9,10). The fraction of sp³-hybridized carbons (Fsp3) is 0.875. The molecule has 0 rings (SSSR count). The topological polar surface area (TPSA) is 63.2 Å². The largest absolute Gasteiger partial charge is 0.359 e. The minimum atomic E-state index is -2.83.